The van der Waals surface area contributed by atoms with Crippen molar-refractivity contribution in [1.29, 1.82) is 5.26 Å². The van der Waals surface area contributed by atoms with Gasteiger partial charge in [0.25, 0.3) is 0 Å². The van der Waals surface area contributed by atoms with Gasteiger partial charge >= 0.3 is 5.97 Å². The number of aryl methyl sites for hydroxylation is 2. The van der Waals surface area contributed by atoms with Gasteiger partial charge in [-0.25, -0.2) is 28.3 Å². The molecule has 174 valence electrons. The van der Waals surface area contributed by atoms with Crippen molar-refractivity contribution in [3.63, 3.8) is 0 Å². The number of thioether (sulfide) groups is 1. The summed E-state index contributed by atoms with van der Waals surface area (Å²) in [6.45, 7) is 6.45. The van der Waals surface area contributed by atoms with E-state index in [2.05, 4.69) is 23.0 Å². The molecule has 0 saturated heterocycles. The maximum atomic E-state index is 12.1. The zero-order chi connectivity index (χ0) is 24.2. The highest BCUT2D eigenvalue weighted by Crippen LogP contribution is 2.29. The van der Waals surface area contributed by atoms with Crippen LogP contribution in [0.15, 0.2) is 34.2 Å². The molecule has 0 spiro atoms. The van der Waals surface area contributed by atoms with E-state index in [1.165, 1.54) is 30.0 Å². The van der Waals surface area contributed by atoms with Gasteiger partial charge in [-0.05, 0) is 44.5 Å². The van der Waals surface area contributed by atoms with Gasteiger partial charge in [-0.3, -0.25) is 0 Å². The van der Waals surface area contributed by atoms with E-state index in [0.717, 1.165) is 30.7 Å². The largest absolute Gasteiger partial charge is 0.462 e. The molecule has 33 heavy (non-hydrogen) atoms. The van der Waals surface area contributed by atoms with Gasteiger partial charge in [-0.2, -0.15) is 5.26 Å². The number of sulfonamides is 1. The van der Waals surface area contributed by atoms with Crippen molar-refractivity contribution in [2.24, 2.45) is 5.14 Å². The molecule has 0 saturated carbocycles. The lowest BCUT2D eigenvalue weighted by Gasteiger charge is -2.11. The van der Waals surface area contributed by atoms with Gasteiger partial charge < -0.3 is 9.30 Å². The quantitative estimate of drug-likeness (QED) is 0.357. The van der Waals surface area contributed by atoms with Crippen LogP contribution in [0.1, 0.15) is 54.1 Å². The van der Waals surface area contributed by atoms with E-state index in [4.69, 9.17) is 9.88 Å². The monoisotopic (exact) mass is 487 g/mol. The summed E-state index contributed by atoms with van der Waals surface area (Å²) in [5.41, 5.74) is 2.38. The molecule has 0 aliphatic rings. The molecule has 2 N–H and O–H groups in total. The lowest BCUT2D eigenvalue weighted by Crippen LogP contribution is -2.11. The maximum Gasteiger partial charge on any atom is 0.340 e. The van der Waals surface area contributed by atoms with Crippen molar-refractivity contribution in [3.8, 4) is 6.07 Å². The molecule has 0 fully saturated rings. The molecule has 3 aromatic rings. The van der Waals surface area contributed by atoms with E-state index in [-0.39, 0.29) is 22.6 Å². The minimum atomic E-state index is -3.84. The Morgan fingerprint density at radius 1 is 1.27 bits per heavy atom. The van der Waals surface area contributed by atoms with Gasteiger partial charge in [0.2, 0.25) is 10.0 Å². The van der Waals surface area contributed by atoms with Crippen LogP contribution in [-0.4, -0.2) is 35.5 Å². The van der Waals surface area contributed by atoms with Crippen molar-refractivity contribution in [2.75, 3.05) is 6.61 Å². The minimum Gasteiger partial charge on any atom is -0.462 e. The highest BCUT2D eigenvalue weighted by atomic mass is 32.2. The van der Waals surface area contributed by atoms with Gasteiger partial charge in [0.15, 0.2) is 0 Å². The fourth-order valence-electron chi connectivity index (χ4n) is 3.33. The zero-order valence-electron chi connectivity index (χ0n) is 18.7. The molecule has 0 bridgehead atoms. The highest BCUT2D eigenvalue weighted by molar-refractivity contribution is 7.98. The summed E-state index contributed by atoms with van der Waals surface area (Å²) < 4.78 is 30.6. The normalized spacial score (nSPS) is 11.5. The summed E-state index contributed by atoms with van der Waals surface area (Å²) >= 11 is 1.33. The number of carbonyl (C=O) groups excluding carboxylic acids is 1. The predicted molar refractivity (Wildman–Crippen MR) is 125 cm³/mol. The molecule has 0 atom stereocenters. The number of pyridine rings is 1. The first-order valence-corrected chi connectivity index (χ1v) is 13.0. The standard InChI is InChI=1S/C22H25N5O4S2/c1-4-6-9-27-19-8-7-16(33(24,29)30)11-18(19)26-20(27)13-32-21-15(12-23)10-17(14(3)25-21)22(28)31-5-2/h7-8,10-11H,4-6,9,13H2,1-3H3,(H2,24,29,30). The number of imidazole rings is 1. The zero-order valence-corrected chi connectivity index (χ0v) is 20.3. The lowest BCUT2D eigenvalue weighted by atomic mass is 10.1. The third-order valence-corrected chi connectivity index (χ3v) is 6.89. The Hall–Kier alpha value is -2.94. The lowest BCUT2D eigenvalue weighted by molar-refractivity contribution is 0.0524. The third-order valence-electron chi connectivity index (χ3n) is 4.99. The molecule has 2 aromatic heterocycles. The number of nitriles is 1. The number of hydrogen-bond donors (Lipinski definition) is 1. The minimum absolute atomic E-state index is 0.00737. The van der Waals surface area contributed by atoms with Crippen LogP contribution < -0.4 is 5.14 Å². The first kappa shape index (κ1) is 24.7. The van der Waals surface area contributed by atoms with Gasteiger partial charge in [0.1, 0.15) is 16.9 Å². The number of primary sulfonamides is 1. The summed E-state index contributed by atoms with van der Waals surface area (Å²) in [4.78, 5) is 21.2. The molecule has 0 radical (unpaired) electrons. The Kier molecular flexibility index (Phi) is 7.73. The second kappa shape index (κ2) is 10.3. The molecule has 0 aliphatic carbocycles. The number of rotatable bonds is 9. The van der Waals surface area contributed by atoms with Gasteiger partial charge in [-0.15, -0.1) is 0 Å². The van der Waals surface area contributed by atoms with Crippen LogP contribution in [0.2, 0.25) is 0 Å². The Balaban J connectivity index is 1.96. The van der Waals surface area contributed by atoms with Crippen molar-refractivity contribution in [1.82, 2.24) is 14.5 Å². The summed E-state index contributed by atoms with van der Waals surface area (Å²) in [6, 6.07) is 8.26. The average molecular weight is 488 g/mol. The van der Waals surface area contributed by atoms with Crippen molar-refractivity contribution in [3.05, 3.63) is 46.9 Å². The first-order valence-electron chi connectivity index (χ1n) is 10.4. The fourth-order valence-corrected chi connectivity index (χ4v) is 4.82. The molecule has 3 rings (SSSR count). The second-order valence-electron chi connectivity index (χ2n) is 7.32. The Morgan fingerprint density at radius 2 is 2.03 bits per heavy atom. The highest BCUT2D eigenvalue weighted by Gasteiger charge is 2.19. The topological polar surface area (TPSA) is 141 Å². The number of benzene rings is 1. The summed E-state index contributed by atoms with van der Waals surface area (Å²) in [5, 5.41) is 15.3. The average Bonchev–Trinajstić information content (AvgIpc) is 3.12. The van der Waals surface area contributed by atoms with Gasteiger partial charge in [0.05, 0.1) is 45.1 Å². The van der Waals surface area contributed by atoms with Crippen LogP contribution in [0, 0.1) is 18.3 Å². The Bertz CT molecular complexity index is 1340. The number of hydrogen-bond acceptors (Lipinski definition) is 8. The fraction of sp³-hybridized carbons (Fsp3) is 0.364. The van der Waals surface area contributed by atoms with Gasteiger partial charge in [-0.1, -0.05) is 25.1 Å². The number of unbranched alkanes of at least 4 members (excludes halogenated alkanes) is 1. The van der Waals surface area contributed by atoms with Gasteiger partial charge in [0, 0.05) is 6.54 Å². The SMILES string of the molecule is CCCCn1c(CSc2nc(C)c(C(=O)OCC)cc2C#N)nc2cc(S(N)(=O)=O)ccc21. The molecule has 0 amide bonds. The number of nitrogens with two attached hydrogens (primary N) is 1. The van der Waals surface area contributed by atoms with Crippen LogP contribution in [-0.2, 0) is 27.1 Å². The number of esters is 1. The molecule has 9 nitrogen and oxygen atoms in total. The smallest absolute Gasteiger partial charge is 0.340 e. The molecule has 0 aliphatic heterocycles. The Morgan fingerprint density at radius 3 is 2.67 bits per heavy atom. The molecular formula is C22H25N5O4S2. The third kappa shape index (κ3) is 5.52. The first-order chi connectivity index (χ1) is 15.7. The van der Waals surface area contributed by atoms with Crippen LogP contribution in [0.25, 0.3) is 11.0 Å². The van der Waals surface area contributed by atoms with Crippen molar-refractivity contribution < 1.29 is 17.9 Å². The van der Waals surface area contributed by atoms with E-state index in [1.807, 2.05) is 4.57 Å². The van der Waals surface area contributed by atoms with E-state index in [0.29, 0.717) is 22.0 Å². The number of aromatic nitrogens is 3. The van der Waals surface area contributed by atoms with Crippen LogP contribution in [0.5, 0.6) is 0 Å². The number of fused-ring (bicyclic) bond motifs is 1. The number of ether oxygens (including phenoxy) is 1. The summed E-state index contributed by atoms with van der Waals surface area (Å²) in [5.74, 6) is 0.624. The van der Waals surface area contributed by atoms with Crippen LogP contribution >= 0.6 is 11.8 Å². The molecule has 1 aromatic carbocycles. The molecule has 2 heterocycles. The van der Waals surface area contributed by atoms with Crippen LogP contribution in [0.4, 0.5) is 0 Å². The predicted octanol–water partition coefficient (Wildman–Crippen LogP) is 3.53. The molecule has 0 unspecified atom stereocenters. The van der Waals surface area contributed by atoms with E-state index in [9.17, 15) is 18.5 Å². The number of nitrogens with zero attached hydrogens (tertiary/aromatic N) is 4. The van der Waals surface area contributed by atoms with Crippen molar-refractivity contribution >= 4 is 38.8 Å². The molecule has 11 heteroatoms. The maximum absolute atomic E-state index is 12.1. The molecular weight excluding hydrogens is 462 g/mol. The van der Waals surface area contributed by atoms with Crippen molar-refractivity contribution in [2.45, 2.75) is 55.8 Å². The number of carbonyl (C=O) groups is 1. The van der Waals surface area contributed by atoms with Crippen LogP contribution in [0.3, 0.4) is 0 Å². The van der Waals surface area contributed by atoms with E-state index >= 15 is 0 Å². The second-order valence-corrected chi connectivity index (χ2v) is 9.85. The summed E-state index contributed by atoms with van der Waals surface area (Å²) in [7, 11) is -3.84. The van der Waals surface area contributed by atoms with E-state index < -0.39 is 16.0 Å². The Labute approximate surface area is 197 Å². The summed E-state index contributed by atoms with van der Waals surface area (Å²) in [6.07, 6.45) is 1.91. The van der Waals surface area contributed by atoms with E-state index in [1.54, 1.807) is 19.9 Å².